The van der Waals surface area contributed by atoms with Crippen LogP contribution in [0.3, 0.4) is 0 Å². The van der Waals surface area contributed by atoms with Gasteiger partial charge in [-0.25, -0.2) is 0 Å². The van der Waals surface area contributed by atoms with Crippen molar-refractivity contribution in [1.82, 2.24) is 0 Å². The number of hydrogen-bond donors (Lipinski definition) is 1. The Hall–Kier alpha value is -2.21. The normalized spacial score (nSPS) is 13.6. The topological polar surface area (TPSA) is 108 Å². The van der Waals surface area contributed by atoms with Crippen molar-refractivity contribution in [2.75, 3.05) is 13.2 Å². The number of carboxylic acids is 1. The summed E-state index contributed by atoms with van der Waals surface area (Å²) >= 11 is 1.07. The molecule has 1 aromatic rings. The monoisotopic (exact) mass is 486 g/mol. The molecule has 30 heavy (non-hydrogen) atoms. The van der Waals surface area contributed by atoms with Crippen LogP contribution in [0.15, 0.2) is 18.2 Å². The number of benzene rings is 1. The second-order valence-electron chi connectivity index (χ2n) is 7.28. The van der Waals surface area contributed by atoms with Gasteiger partial charge in [0.2, 0.25) is 0 Å². The van der Waals surface area contributed by atoms with Crippen molar-refractivity contribution >= 4 is 35.1 Å². The molecule has 0 bridgehead atoms. The number of carbonyl (C=O) groups excluding carboxylic acids is 2. The van der Waals surface area contributed by atoms with E-state index in [2.05, 4.69) is 0 Å². The summed E-state index contributed by atoms with van der Waals surface area (Å²) in [5, 5.41) is 9.13. The average molecular weight is 486 g/mol. The summed E-state index contributed by atoms with van der Waals surface area (Å²) in [6, 6.07) is 4.53. The molecule has 0 heterocycles. The van der Waals surface area contributed by atoms with E-state index in [1.165, 1.54) is 12.1 Å². The van der Waals surface area contributed by atoms with E-state index in [1.54, 1.807) is 6.07 Å². The first-order valence-corrected chi connectivity index (χ1v) is 11.4. The molecule has 0 spiro atoms. The molecule has 168 valence electrons. The van der Waals surface area contributed by atoms with Crippen molar-refractivity contribution in [1.29, 1.82) is 0 Å². The van der Waals surface area contributed by atoms with Gasteiger partial charge in [-0.15, -0.1) is 0 Å². The fourth-order valence-corrected chi connectivity index (χ4v) is 2.65. The van der Waals surface area contributed by atoms with Gasteiger partial charge in [0.05, 0.1) is 0 Å². The maximum absolute atomic E-state index is 12.1. The zero-order valence-electron chi connectivity index (χ0n) is 17.9. The van der Waals surface area contributed by atoms with Crippen LogP contribution in [0.25, 0.3) is 0 Å². The molecule has 0 amide bonds. The van der Waals surface area contributed by atoms with E-state index >= 15 is 0 Å². The molecular weight excluding hydrogens is 455 g/mol. The van der Waals surface area contributed by atoms with Crippen molar-refractivity contribution in [2.24, 2.45) is 11.8 Å². The van der Waals surface area contributed by atoms with Crippen molar-refractivity contribution in [3.63, 3.8) is 0 Å². The third-order valence-corrected chi connectivity index (χ3v) is 5.63. The molecule has 0 saturated heterocycles. The second kappa shape index (κ2) is 13.2. The molecule has 0 aliphatic carbocycles. The number of hydrogen-bond acceptors (Lipinski definition) is 7. The van der Waals surface area contributed by atoms with E-state index in [1.807, 2.05) is 27.7 Å². The summed E-state index contributed by atoms with van der Waals surface area (Å²) in [6.45, 7) is 8.23. The van der Waals surface area contributed by atoms with Gasteiger partial charge in [-0.2, -0.15) is 0 Å². The van der Waals surface area contributed by atoms with Crippen LogP contribution in [-0.2, 0) is 20.7 Å². The van der Waals surface area contributed by atoms with Crippen LogP contribution in [0.5, 0.6) is 11.5 Å². The standard InChI is InChI=1S/C21H31AsO8/c1-5-13(3)11-27-20(25)29-17-8-7-15(9-16(22)19(23)24)10-18(17)30-21(26)28-12-14(4)6-2/h7-8,10,13-14,16H,5-6,9,11-12,22H2,1-4H3,(H,23,24)/t13?,14?,16-/m0/s1. The van der Waals surface area contributed by atoms with Gasteiger partial charge >= 0.3 is 179 Å². The third kappa shape index (κ3) is 9.52. The minimum atomic E-state index is -0.930. The summed E-state index contributed by atoms with van der Waals surface area (Å²) in [5.74, 6) is -0.604. The van der Waals surface area contributed by atoms with Gasteiger partial charge in [-0.3, -0.25) is 0 Å². The zero-order valence-corrected chi connectivity index (χ0v) is 20.3. The molecule has 1 N–H and O–H groups in total. The van der Waals surface area contributed by atoms with Crippen LogP contribution in [0.4, 0.5) is 9.59 Å². The van der Waals surface area contributed by atoms with Crippen molar-refractivity contribution in [2.45, 2.75) is 51.7 Å². The van der Waals surface area contributed by atoms with Gasteiger partial charge in [0, 0.05) is 0 Å². The molecule has 1 rings (SSSR count). The molecular formula is C21H31AsO8. The molecule has 0 aliphatic heterocycles. The molecule has 8 nitrogen and oxygen atoms in total. The van der Waals surface area contributed by atoms with Crippen LogP contribution < -0.4 is 9.47 Å². The predicted octanol–water partition coefficient (Wildman–Crippen LogP) is 3.86. The Balaban J connectivity index is 2.94. The Labute approximate surface area is 185 Å². The van der Waals surface area contributed by atoms with E-state index in [0.29, 0.717) is 5.56 Å². The number of carboxylic acid groups (broad SMARTS) is 1. The van der Waals surface area contributed by atoms with Crippen molar-refractivity contribution < 1.29 is 38.4 Å². The summed E-state index contributed by atoms with van der Waals surface area (Å²) in [6.07, 6.45) is 0.0889. The van der Waals surface area contributed by atoms with Gasteiger partial charge in [-0.05, 0) is 0 Å². The van der Waals surface area contributed by atoms with Crippen LogP contribution in [0.1, 0.15) is 46.1 Å². The average Bonchev–Trinajstić information content (AvgIpc) is 2.71. The number of ether oxygens (including phenoxy) is 4. The Kier molecular flexibility index (Phi) is 11.3. The summed E-state index contributed by atoms with van der Waals surface area (Å²) in [5.41, 5.74) is 0.622. The van der Waals surface area contributed by atoms with Crippen LogP contribution in [-0.4, -0.2) is 53.5 Å². The minimum absolute atomic E-state index is 0.0121. The van der Waals surface area contributed by atoms with E-state index in [4.69, 9.17) is 24.1 Å². The molecule has 0 aliphatic rings. The van der Waals surface area contributed by atoms with Crippen LogP contribution in [0, 0.1) is 11.8 Å². The van der Waals surface area contributed by atoms with E-state index < -0.39 is 23.0 Å². The first kappa shape index (κ1) is 25.8. The van der Waals surface area contributed by atoms with Gasteiger partial charge in [-0.1, -0.05) is 6.92 Å². The van der Waals surface area contributed by atoms with Crippen molar-refractivity contribution in [3.05, 3.63) is 23.8 Å². The van der Waals surface area contributed by atoms with Crippen LogP contribution in [0.2, 0.25) is 4.71 Å². The van der Waals surface area contributed by atoms with Gasteiger partial charge in [0.15, 0.2) is 0 Å². The summed E-state index contributed by atoms with van der Waals surface area (Å²) in [4.78, 5) is 35.2. The Morgan fingerprint density at radius 3 is 1.90 bits per heavy atom. The first-order valence-electron chi connectivity index (χ1n) is 9.96. The van der Waals surface area contributed by atoms with E-state index in [9.17, 15) is 14.4 Å². The van der Waals surface area contributed by atoms with Gasteiger partial charge in [0.25, 0.3) is 0 Å². The zero-order chi connectivity index (χ0) is 22.7. The first-order chi connectivity index (χ1) is 14.2. The number of carbonyl (C=O) groups is 3. The van der Waals surface area contributed by atoms with Gasteiger partial charge in [0.1, 0.15) is 0 Å². The molecule has 3 unspecified atom stereocenters. The quantitative estimate of drug-likeness (QED) is 0.285. The van der Waals surface area contributed by atoms with E-state index in [-0.39, 0.29) is 43.0 Å². The fourth-order valence-electron chi connectivity index (χ4n) is 2.08. The molecule has 0 radical (unpaired) electrons. The fraction of sp³-hybridized carbons (Fsp3) is 0.571. The summed E-state index contributed by atoms with van der Waals surface area (Å²) in [7, 11) is 0. The Bertz CT molecular complexity index is 721. The van der Waals surface area contributed by atoms with E-state index in [0.717, 1.165) is 29.7 Å². The second-order valence-corrected chi connectivity index (χ2v) is 8.97. The van der Waals surface area contributed by atoms with Crippen LogP contribution >= 0.6 is 0 Å². The summed E-state index contributed by atoms with van der Waals surface area (Å²) < 4.78 is 20.0. The molecule has 9 heteroatoms. The maximum atomic E-state index is 12.1. The Morgan fingerprint density at radius 1 is 0.933 bits per heavy atom. The Morgan fingerprint density at radius 2 is 1.43 bits per heavy atom. The SMILES string of the molecule is CCC(C)COC(=O)Oc1ccc(C[C@H]([AsH2])C(=O)O)cc1OC(=O)OCC(C)CC. The molecule has 0 saturated carbocycles. The molecule has 4 atom stereocenters. The van der Waals surface area contributed by atoms with Gasteiger partial charge < -0.3 is 0 Å². The molecule has 0 fully saturated rings. The molecule has 1 aromatic carbocycles. The predicted molar refractivity (Wildman–Crippen MR) is 113 cm³/mol. The number of aliphatic carboxylic acids is 1. The molecule has 0 aromatic heterocycles. The number of rotatable bonds is 11. The third-order valence-electron chi connectivity index (χ3n) is 4.53. The van der Waals surface area contributed by atoms with Crippen molar-refractivity contribution in [3.8, 4) is 11.5 Å².